The first kappa shape index (κ1) is 15.4. The molecule has 0 aliphatic carbocycles. The van der Waals surface area contributed by atoms with Crippen LogP contribution in [-0.4, -0.2) is 46.6 Å². The summed E-state index contributed by atoms with van der Waals surface area (Å²) in [7, 11) is 0. The molecule has 1 aromatic heterocycles. The Labute approximate surface area is 135 Å². The molecule has 0 N–H and O–H groups in total. The highest BCUT2D eigenvalue weighted by Crippen LogP contribution is 2.15. The van der Waals surface area contributed by atoms with E-state index in [1.807, 2.05) is 30.3 Å². The van der Waals surface area contributed by atoms with E-state index < -0.39 is 0 Å². The maximum absolute atomic E-state index is 12.2. The van der Waals surface area contributed by atoms with Crippen LogP contribution in [0.25, 0.3) is 0 Å². The van der Waals surface area contributed by atoms with E-state index in [9.17, 15) is 4.79 Å². The summed E-state index contributed by atoms with van der Waals surface area (Å²) in [5, 5.41) is 0. The summed E-state index contributed by atoms with van der Waals surface area (Å²) in [5.41, 5.74) is 1.06. The van der Waals surface area contributed by atoms with Crippen molar-refractivity contribution in [2.75, 3.05) is 19.7 Å². The first-order chi connectivity index (χ1) is 11.3. The Morgan fingerprint density at radius 1 is 1.26 bits per heavy atom. The predicted octanol–water partition coefficient (Wildman–Crippen LogP) is 1.67. The molecule has 1 aromatic carbocycles. The first-order valence-corrected chi connectivity index (χ1v) is 7.63. The van der Waals surface area contributed by atoms with Gasteiger partial charge in [-0.05, 0) is 5.56 Å². The van der Waals surface area contributed by atoms with Crippen molar-refractivity contribution >= 4 is 5.91 Å². The molecule has 0 spiro atoms. The second kappa shape index (κ2) is 7.69. The number of carbonyl (C=O) groups excluding carboxylic acids is 1. The van der Waals surface area contributed by atoms with E-state index in [2.05, 4.69) is 9.97 Å². The van der Waals surface area contributed by atoms with Crippen LogP contribution in [0, 0.1) is 0 Å². The number of carbonyl (C=O) groups is 1. The van der Waals surface area contributed by atoms with Crippen molar-refractivity contribution in [2.45, 2.75) is 19.1 Å². The monoisotopic (exact) mass is 313 g/mol. The molecular formula is C17H19N3O3. The minimum atomic E-state index is -0.0372. The minimum absolute atomic E-state index is 0.00817. The van der Waals surface area contributed by atoms with E-state index in [-0.39, 0.29) is 18.6 Å². The molecule has 1 aliphatic heterocycles. The van der Waals surface area contributed by atoms with Gasteiger partial charge in [-0.15, -0.1) is 0 Å². The van der Waals surface area contributed by atoms with E-state index in [0.717, 1.165) is 12.0 Å². The summed E-state index contributed by atoms with van der Waals surface area (Å²) in [4.78, 5) is 22.0. The first-order valence-electron chi connectivity index (χ1n) is 7.63. The van der Waals surface area contributed by atoms with E-state index in [4.69, 9.17) is 9.47 Å². The lowest BCUT2D eigenvalue weighted by molar-refractivity contribution is -0.135. The Morgan fingerprint density at radius 3 is 2.91 bits per heavy atom. The molecule has 0 unspecified atom stereocenters. The number of rotatable bonds is 6. The van der Waals surface area contributed by atoms with Gasteiger partial charge in [-0.2, -0.15) is 0 Å². The third-order valence-electron chi connectivity index (χ3n) is 3.66. The summed E-state index contributed by atoms with van der Waals surface area (Å²) in [6, 6.07) is 9.82. The van der Waals surface area contributed by atoms with Gasteiger partial charge in [0.15, 0.2) is 0 Å². The van der Waals surface area contributed by atoms with Gasteiger partial charge in [0, 0.05) is 25.4 Å². The Balaban J connectivity index is 1.41. The van der Waals surface area contributed by atoms with Crippen molar-refractivity contribution in [1.29, 1.82) is 0 Å². The molecule has 2 heterocycles. The topological polar surface area (TPSA) is 64.5 Å². The zero-order chi connectivity index (χ0) is 15.9. The number of likely N-dealkylation sites (tertiary alicyclic amines) is 1. The molecular weight excluding hydrogens is 294 g/mol. The molecule has 23 heavy (non-hydrogen) atoms. The summed E-state index contributed by atoms with van der Waals surface area (Å²) < 4.78 is 11.2. The number of hydrogen-bond acceptors (Lipinski definition) is 5. The van der Waals surface area contributed by atoms with Crippen LogP contribution < -0.4 is 4.74 Å². The van der Waals surface area contributed by atoms with Crippen LogP contribution in [0.2, 0.25) is 0 Å². The fourth-order valence-corrected chi connectivity index (χ4v) is 2.49. The minimum Gasteiger partial charge on any atom is -0.471 e. The van der Waals surface area contributed by atoms with Crippen molar-refractivity contribution in [3.05, 3.63) is 54.5 Å². The average Bonchev–Trinajstić information content (AvgIpc) is 3.05. The van der Waals surface area contributed by atoms with Crippen molar-refractivity contribution in [3.63, 3.8) is 0 Å². The number of amides is 1. The van der Waals surface area contributed by atoms with Gasteiger partial charge in [-0.1, -0.05) is 30.3 Å². The van der Waals surface area contributed by atoms with Gasteiger partial charge in [0.25, 0.3) is 0 Å². The number of aromatic nitrogens is 2. The van der Waals surface area contributed by atoms with Gasteiger partial charge in [-0.25, -0.2) is 4.98 Å². The van der Waals surface area contributed by atoms with E-state index in [0.29, 0.717) is 25.6 Å². The largest absolute Gasteiger partial charge is 0.471 e. The fraction of sp³-hybridized carbons (Fsp3) is 0.353. The molecule has 1 aliphatic rings. The Kier molecular flexibility index (Phi) is 5.16. The molecule has 1 saturated heterocycles. The number of benzene rings is 1. The molecule has 120 valence electrons. The average molecular weight is 313 g/mol. The Bertz CT molecular complexity index is 621. The maximum atomic E-state index is 12.2. The second-order valence-electron chi connectivity index (χ2n) is 5.39. The molecule has 0 saturated carbocycles. The summed E-state index contributed by atoms with van der Waals surface area (Å²) in [6.07, 6.45) is 5.52. The molecule has 1 atom stereocenters. The van der Waals surface area contributed by atoms with E-state index >= 15 is 0 Å². The highest BCUT2D eigenvalue weighted by Gasteiger charge is 2.27. The quantitative estimate of drug-likeness (QED) is 0.812. The normalized spacial score (nSPS) is 17.2. The van der Waals surface area contributed by atoms with Crippen molar-refractivity contribution in [1.82, 2.24) is 14.9 Å². The van der Waals surface area contributed by atoms with Crippen molar-refractivity contribution < 1.29 is 14.3 Å². The molecule has 6 nitrogen and oxygen atoms in total. The molecule has 2 aromatic rings. The third-order valence-corrected chi connectivity index (χ3v) is 3.66. The van der Waals surface area contributed by atoms with Crippen LogP contribution in [0.4, 0.5) is 0 Å². The van der Waals surface area contributed by atoms with Crippen LogP contribution in [-0.2, 0) is 16.1 Å². The summed E-state index contributed by atoms with van der Waals surface area (Å²) in [5.74, 6) is 0.485. The molecule has 1 amide bonds. The summed E-state index contributed by atoms with van der Waals surface area (Å²) in [6.45, 7) is 1.77. The SMILES string of the molecule is O=C(COCc1ccccc1)N1CC[C@@H](Oc2cnccn2)C1. The molecule has 0 radical (unpaired) electrons. The smallest absolute Gasteiger partial charge is 0.248 e. The highest BCUT2D eigenvalue weighted by molar-refractivity contribution is 5.77. The van der Waals surface area contributed by atoms with Gasteiger partial charge < -0.3 is 14.4 Å². The standard InChI is InChI=1S/C17H19N3O3/c21-17(13-22-12-14-4-2-1-3-5-14)20-9-6-15(11-20)23-16-10-18-7-8-19-16/h1-5,7-8,10,15H,6,9,11-13H2/t15-/m1/s1. The van der Waals surface area contributed by atoms with Gasteiger partial charge in [0.1, 0.15) is 12.7 Å². The van der Waals surface area contributed by atoms with Crippen molar-refractivity contribution in [3.8, 4) is 5.88 Å². The Morgan fingerprint density at radius 2 is 2.13 bits per heavy atom. The van der Waals surface area contributed by atoms with E-state index in [1.165, 1.54) is 0 Å². The Hall–Kier alpha value is -2.47. The zero-order valence-electron chi connectivity index (χ0n) is 12.8. The van der Waals surface area contributed by atoms with Crippen LogP contribution in [0.15, 0.2) is 48.9 Å². The lowest BCUT2D eigenvalue weighted by Gasteiger charge is -2.17. The zero-order valence-corrected chi connectivity index (χ0v) is 12.8. The number of nitrogens with zero attached hydrogens (tertiary/aromatic N) is 3. The maximum Gasteiger partial charge on any atom is 0.248 e. The van der Waals surface area contributed by atoms with Gasteiger partial charge in [-0.3, -0.25) is 9.78 Å². The number of ether oxygens (including phenoxy) is 2. The van der Waals surface area contributed by atoms with Gasteiger partial charge in [0.2, 0.25) is 11.8 Å². The predicted molar refractivity (Wildman–Crippen MR) is 83.7 cm³/mol. The lowest BCUT2D eigenvalue weighted by Crippen LogP contribution is -2.33. The third kappa shape index (κ3) is 4.50. The molecule has 1 fully saturated rings. The lowest BCUT2D eigenvalue weighted by atomic mass is 10.2. The van der Waals surface area contributed by atoms with Crippen LogP contribution in [0.5, 0.6) is 5.88 Å². The van der Waals surface area contributed by atoms with Gasteiger partial charge in [0.05, 0.1) is 19.3 Å². The molecule has 6 heteroatoms. The molecule has 0 bridgehead atoms. The number of hydrogen-bond donors (Lipinski definition) is 0. The van der Waals surface area contributed by atoms with E-state index in [1.54, 1.807) is 23.5 Å². The highest BCUT2D eigenvalue weighted by atomic mass is 16.5. The second-order valence-corrected chi connectivity index (χ2v) is 5.39. The van der Waals surface area contributed by atoms with Gasteiger partial charge >= 0.3 is 0 Å². The summed E-state index contributed by atoms with van der Waals surface area (Å²) >= 11 is 0. The van der Waals surface area contributed by atoms with Crippen LogP contribution >= 0.6 is 0 Å². The fourth-order valence-electron chi connectivity index (χ4n) is 2.49. The van der Waals surface area contributed by atoms with Crippen LogP contribution in [0.1, 0.15) is 12.0 Å². The molecule has 3 rings (SSSR count). The van der Waals surface area contributed by atoms with Crippen molar-refractivity contribution in [2.24, 2.45) is 0 Å². The van der Waals surface area contributed by atoms with Crippen LogP contribution in [0.3, 0.4) is 0 Å².